The van der Waals surface area contributed by atoms with Gasteiger partial charge in [-0.05, 0) is 47.0 Å². The zero-order chi connectivity index (χ0) is 14.1. The Kier molecular flexibility index (Phi) is 3.77. The van der Waals surface area contributed by atoms with Gasteiger partial charge in [-0.3, -0.25) is 0 Å². The van der Waals surface area contributed by atoms with Crippen LogP contribution in [0, 0.1) is 16.7 Å². The second kappa shape index (κ2) is 5.04. The standard InChI is InChI=1S/C13H12BrF3N2/c14-10-2-1-9(13(15,16)17)7-11(10)19-8-12(3-4-12)5-6-18/h1-2,7,19H,3-5,8H2. The van der Waals surface area contributed by atoms with Crippen molar-refractivity contribution in [3.63, 3.8) is 0 Å². The van der Waals surface area contributed by atoms with E-state index in [2.05, 4.69) is 27.3 Å². The smallest absolute Gasteiger partial charge is 0.384 e. The lowest BCUT2D eigenvalue weighted by Crippen LogP contribution is -2.15. The first kappa shape index (κ1) is 14.2. The molecule has 0 radical (unpaired) electrons. The minimum Gasteiger partial charge on any atom is -0.384 e. The fourth-order valence-corrected chi connectivity index (χ4v) is 2.27. The first-order valence-corrected chi connectivity index (χ1v) is 6.63. The summed E-state index contributed by atoms with van der Waals surface area (Å²) in [5.74, 6) is 0. The molecule has 1 aliphatic carbocycles. The molecule has 1 aromatic rings. The van der Waals surface area contributed by atoms with Crippen LogP contribution in [-0.2, 0) is 6.18 Å². The van der Waals surface area contributed by atoms with Crippen molar-refractivity contribution in [3.05, 3.63) is 28.2 Å². The predicted molar refractivity (Wildman–Crippen MR) is 69.5 cm³/mol. The van der Waals surface area contributed by atoms with Gasteiger partial charge < -0.3 is 5.32 Å². The van der Waals surface area contributed by atoms with Gasteiger partial charge >= 0.3 is 6.18 Å². The second-order valence-electron chi connectivity index (χ2n) is 4.88. The molecule has 19 heavy (non-hydrogen) atoms. The van der Waals surface area contributed by atoms with Gasteiger partial charge in [0, 0.05) is 28.5 Å². The largest absolute Gasteiger partial charge is 0.416 e. The van der Waals surface area contributed by atoms with Gasteiger partial charge in [0.2, 0.25) is 0 Å². The first-order valence-electron chi connectivity index (χ1n) is 5.84. The highest BCUT2D eigenvalue weighted by Gasteiger charge is 2.42. The van der Waals surface area contributed by atoms with Crippen LogP contribution >= 0.6 is 15.9 Å². The van der Waals surface area contributed by atoms with Gasteiger partial charge in [0.1, 0.15) is 0 Å². The second-order valence-corrected chi connectivity index (χ2v) is 5.74. The molecule has 0 bridgehead atoms. The Morgan fingerprint density at radius 3 is 2.58 bits per heavy atom. The van der Waals surface area contributed by atoms with Crippen molar-refractivity contribution in [1.82, 2.24) is 0 Å². The monoisotopic (exact) mass is 332 g/mol. The van der Waals surface area contributed by atoms with Crippen molar-refractivity contribution >= 4 is 21.6 Å². The Balaban J connectivity index is 2.10. The molecule has 0 atom stereocenters. The van der Waals surface area contributed by atoms with Crippen molar-refractivity contribution in [2.24, 2.45) is 5.41 Å². The lowest BCUT2D eigenvalue weighted by atomic mass is 10.0. The van der Waals surface area contributed by atoms with Crippen LogP contribution in [0.4, 0.5) is 18.9 Å². The van der Waals surface area contributed by atoms with Crippen molar-refractivity contribution in [2.45, 2.75) is 25.4 Å². The SMILES string of the molecule is N#CCC1(CNc2cc(C(F)(F)F)ccc2Br)CC1. The molecular weight excluding hydrogens is 321 g/mol. The van der Waals surface area contributed by atoms with E-state index in [-0.39, 0.29) is 5.41 Å². The molecule has 0 unspecified atom stereocenters. The average molecular weight is 333 g/mol. The molecule has 1 saturated carbocycles. The molecule has 0 aromatic heterocycles. The zero-order valence-electron chi connectivity index (χ0n) is 10.0. The third-order valence-corrected chi connectivity index (χ3v) is 4.05. The van der Waals surface area contributed by atoms with Gasteiger partial charge in [0.25, 0.3) is 0 Å². The molecule has 1 aromatic carbocycles. The summed E-state index contributed by atoms with van der Waals surface area (Å²) in [6.45, 7) is 0.528. The number of hydrogen-bond acceptors (Lipinski definition) is 2. The van der Waals surface area contributed by atoms with Crippen LogP contribution < -0.4 is 5.32 Å². The van der Waals surface area contributed by atoms with Crippen molar-refractivity contribution in [1.29, 1.82) is 5.26 Å². The molecule has 0 spiro atoms. The van der Waals surface area contributed by atoms with E-state index in [0.717, 1.165) is 25.0 Å². The minimum absolute atomic E-state index is 0.0531. The number of alkyl halides is 3. The Morgan fingerprint density at radius 1 is 1.37 bits per heavy atom. The van der Waals surface area contributed by atoms with E-state index in [9.17, 15) is 13.2 Å². The predicted octanol–water partition coefficient (Wildman–Crippen LogP) is 4.57. The number of anilines is 1. The fourth-order valence-electron chi connectivity index (χ4n) is 1.88. The van der Waals surface area contributed by atoms with E-state index < -0.39 is 11.7 Å². The number of nitrogens with one attached hydrogen (secondary N) is 1. The van der Waals surface area contributed by atoms with E-state index in [0.29, 0.717) is 23.1 Å². The summed E-state index contributed by atoms with van der Waals surface area (Å²) < 4.78 is 38.5. The van der Waals surface area contributed by atoms with Crippen LogP contribution in [0.25, 0.3) is 0 Å². The highest BCUT2D eigenvalue weighted by molar-refractivity contribution is 9.10. The van der Waals surface area contributed by atoms with Crippen LogP contribution in [0.5, 0.6) is 0 Å². The maximum Gasteiger partial charge on any atom is 0.416 e. The number of hydrogen-bond donors (Lipinski definition) is 1. The maximum absolute atomic E-state index is 12.6. The lowest BCUT2D eigenvalue weighted by molar-refractivity contribution is -0.137. The van der Waals surface area contributed by atoms with Crippen molar-refractivity contribution in [2.75, 3.05) is 11.9 Å². The topological polar surface area (TPSA) is 35.8 Å². The van der Waals surface area contributed by atoms with E-state index in [1.807, 2.05) is 0 Å². The Morgan fingerprint density at radius 2 is 2.05 bits per heavy atom. The van der Waals surface area contributed by atoms with Gasteiger partial charge in [-0.25, -0.2) is 0 Å². The van der Waals surface area contributed by atoms with Gasteiger partial charge in [0.05, 0.1) is 11.6 Å². The average Bonchev–Trinajstić information content (AvgIpc) is 3.07. The summed E-state index contributed by atoms with van der Waals surface area (Å²) in [7, 11) is 0. The number of nitriles is 1. The molecule has 2 rings (SSSR count). The Hall–Kier alpha value is -1.22. The molecule has 102 valence electrons. The molecule has 0 heterocycles. The Labute approximate surface area is 117 Å². The zero-order valence-corrected chi connectivity index (χ0v) is 11.6. The minimum atomic E-state index is -4.35. The maximum atomic E-state index is 12.6. The van der Waals surface area contributed by atoms with E-state index in [1.54, 1.807) is 0 Å². The van der Waals surface area contributed by atoms with E-state index >= 15 is 0 Å². The highest BCUT2D eigenvalue weighted by Crippen LogP contribution is 2.48. The summed E-state index contributed by atoms with van der Waals surface area (Å²) in [4.78, 5) is 0. The number of halogens is 4. The highest BCUT2D eigenvalue weighted by atomic mass is 79.9. The molecule has 1 fully saturated rings. The van der Waals surface area contributed by atoms with Gasteiger partial charge in [0.15, 0.2) is 0 Å². The number of benzene rings is 1. The molecule has 1 aliphatic rings. The molecular formula is C13H12BrF3N2. The van der Waals surface area contributed by atoms with Crippen LogP contribution in [0.1, 0.15) is 24.8 Å². The number of rotatable bonds is 4. The fraction of sp³-hybridized carbons (Fsp3) is 0.462. The van der Waals surface area contributed by atoms with Crippen LogP contribution in [0.3, 0.4) is 0 Å². The molecule has 0 aliphatic heterocycles. The first-order chi connectivity index (χ1) is 8.86. The molecule has 0 amide bonds. The number of nitrogens with zero attached hydrogens (tertiary/aromatic N) is 1. The van der Waals surface area contributed by atoms with Gasteiger partial charge in [-0.1, -0.05) is 0 Å². The van der Waals surface area contributed by atoms with Crippen molar-refractivity contribution in [3.8, 4) is 6.07 Å². The lowest BCUT2D eigenvalue weighted by Gasteiger charge is -2.16. The van der Waals surface area contributed by atoms with Crippen molar-refractivity contribution < 1.29 is 13.2 Å². The molecule has 6 heteroatoms. The van der Waals surface area contributed by atoms with E-state index in [4.69, 9.17) is 5.26 Å². The normalized spacial score (nSPS) is 16.8. The van der Waals surface area contributed by atoms with Gasteiger partial charge in [-0.2, -0.15) is 18.4 Å². The van der Waals surface area contributed by atoms with Crippen LogP contribution in [0.2, 0.25) is 0 Å². The van der Waals surface area contributed by atoms with E-state index in [1.165, 1.54) is 6.07 Å². The third-order valence-electron chi connectivity index (χ3n) is 3.36. The van der Waals surface area contributed by atoms with Gasteiger partial charge in [-0.15, -0.1) is 0 Å². The third kappa shape index (κ3) is 3.41. The molecule has 1 N–H and O–H groups in total. The summed E-state index contributed by atoms with van der Waals surface area (Å²) in [5, 5.41) is 11.7. The summed E-state index contributed by atoms with van der Waals surface area (Å²) in [5.41, 5.74) is -0.315. The van der Waals surface area contributed by atoms with Crippen LogP contribution in [-0.4, -0.2) is 6.54 Å². The summed E-state index contributed by atoms with van der Waals surface area (Å²) >= 11 is 3.23. The Bertz CT molecular complexity index is 516. The summed E-state index contributed by atoms with van der Waals surface area (Å²) in [6, 6.07) is 5.64. The summed E-state index contributed by atoms with van der Waals surface area (Å²) in [6.07, 6.45) is -2.01. The molecule has 0 saturated heterocycles. The van der Waals surface area contributed by atoms with Crippen LogP contribution in [0.15, 0.2) is 22.7 Å². The quantitative estimate of drug-likeness (QED) is 0.876. The molecule has 2 nitrogen and oxygen atoms in total.